The van der Waals surface area contributed by atoms with Crippen LogP contribution >= 0.6 is 0 Å². The van der Waals surface area contributed by atoms with Crippen LogP contribution < -0.4 is 4.74 Å². The number of furan rings is 1. The Balaban J connectivity index is 2.25. The van der Waals surface area contributed by atoms with Crippen molar-refractivity contribution in [2.24, 2.45) is 0 Å². The van der Waals surface area contributed by atoms with E-state index in [1.54, 1.807) is 25.1 Å². The molecule has 0 saturated carbocycles. The summed E-state index contributed by atoms with van der Waals surface area (Å²) in [5, 5.41) is 0. The van der Waals surface area contributed by atoms with Crippen molar-refractivity contribution in [3.05, 3.63) is 53.2 Å². The van der Waals surface area contributed by atoms with E-state index in [1.165, 1.54) is 19.4 Å². The van der Waals surface area contributed by atoms with E-state index in [-0.39, 0.29) is 23.7 Å². The number of rotatable bonds is 4. The van der Waals surface area contributed by atoms with Crippen LogP contribution in [-0.4, -0.2) is 12.9 Å². The molecule has 1 aromatic heterocycles. The van der Waals surface area contributed by atoms with Crippen molar-refractivity contribution in [1.82, 2.24) is 0 Å². The highest BCUT2D eigenvalue weighted by atomic mass is 19.1. The van der Waals surface area contributed by atoms with Gasteiger partial charge < -0.3 is 9.15 Å². The van der Waals surface area contributed by atoms with Gasteiger partial charge in [0.15, 0.2) is 17.3 Å². The Labute approximate surface area is 104 Å². The molecular formula is C14H13FO3. The van der Waals surface area contributed by atoms with Gasteiger partial charge in [0.2, 0.25) is 5.78 Å². The number of Topliss-reactive ketones (excluding diaryl/α,β-unsaturated/α-hetero) is 1. The number of hydrogen-bond donors (Lipinski definition) is 0. The summed E-state index contributed by atoms with van der Waals surface area (Å²) >= 11 is 0. The van der Waals surface area contributed by atoms with Crippen LogP contribution in [0.5, 0.6) is 5.75 Å². The van der Waals surface area contributed by atoms with Gasteiger partial charge in [-0.05, 0) is 30.2 Å². The third-order valence-corrected chi connectivity index (χ3v) is 2.73. The van der Waals surface area contributed by atoms with Crippen molar-refractivity contribution in [2.45, 2.75) is 13.3 Å². The fourth-order valence-electron chi connectivity index (χ4n) is 1.76. The van der Waals surface area contributed by atoms with Crippen molar-refractivity contribution in [2.75, 3.05) is 7.11 Å². The van der Waals surface area contributed by atoms with Crippen LogP contribution in [-0.2, 0) is 6.42 Å². The Morgan fingerprint density at radius 2 is 2.17 bits per heavy atom. The van der Waals surface area contributed by atoms with Crippen LogP contribution in [0.3, 0.4) is 0 Å². The molecule has 0 saturated heterocycles. The lowest BCUT2D eigenvalue weighted by atomic mass is 10.0. The molecule has 0 fully saturated rings. The number of ketones is 1. The first-order chi connectivity index (χ1) is 8.63. The van der Waals surface area contributed by atoms with Gasteiger partial charge in [-0.1, -0.05) is 12.1 Å². The van der Waals surface area contributed by atoms with Gasteiger partial charge in [0.05, 0.1) is 13.4 Å². The molecule has 1 aromatic carbocycles. The molecule has 0 spiro atoms. The zero-order chi connectivity index (χ0) is 13.1. The van der Waals surface area contributed by atoms with E-state index in [4.69, 9.17) is 9.15 Å². The second kappa shape index (κ2) is 5.04. The van der Waals surface area contributed by atoms with Crippen molar-refractivity contribution in [3.8, 4) is 5.75 Å². The normalized spacial score (nSPS) is 10.4. The number of hydrogen-bond acceptors (Lipinski definition) is 3. The summed E-state index contributed by atoms with van der Waals surface area (Å²) in [5.41, 5.74) is 1.05. The molecule has 4 heteroatoms. The van der Waals surface area contributed by atoms with E-state index in [1.807, 2.05) is 0 Å². The lowest BCUT2D eigenvalue weighted by Gasteiger charge is -2.06. The van der Waals surface area contributed by atoms with Gasteiger partial charge in [-0.25, -0.2) is 4.39 Å². The van der Waals surface area contributed by atoms with Crippen molar-refractivity contribution >= 4 is 5.78 Å². The summed E-state index contributed by atoms with van der Waals surface area (Å²) in [6.45, 7) is 1.78. The van der Waals surface area contributed by atoms with Crippen molar-refractivity contribution < 1.29 is 18.3 Å². The first kappa shape index (κ1) is 12.4. The maximum atomic E-state index is 13.9. The predicted molar refractivity (Wildman–Crippen MR) is 64.4 cm³/mol. The van der Waals surface area contributed by atoms with E-state index in [0.29, 0.717) is 5.56 Å². The topological polar surface area (TPSA) is 39.4 Å². The van der Waals surface area contributed by atoms with Gasteiger partial charge in [0.1, 0.15) is 0 Å². The van der Waals surface area contributed by atoms with E-state index in [2.05, 4.69) is 0 Å². The summed E-state index contributed by atoms with van der Waals surface area (Å²) in [6.07, 6.45) is 1.40. The lowest BCUT2D eigenvalue weighted by molar-refractivity contribution is 0.0964. The smallest absolute Gasteiger partial charge is 0.202 e. The average molecular weight is 248 g/mol. The summed E-state index contributed by atoms with van der Waals surface area (Å²) in [4.78, 5) is 11.9. The molecule has 0 amide bonds. The van der Waals surface area contributed by atoms with E-state index >= 15 is 0 Å². The highest BCUT2D eigenvalue weighted by molar-refractivity contribution is 5.96. The van der Waals surface area contributed by atoms with Crippen LogP contribution in [0.15, 0.2) is 34.9 Å². The van der Waals surface area contributed by atoms with Crippen molar-refractivity contribution in [1.29, 1.82) is 0 Å². The standard InChI is InChI=1S/C14H13FO3/c1-9-6-7-18-14(9)11(16)8-10-4-3-5-12(17-2)13(10)15/h3-7H,8H2,1-2H3. The van der Waals surface area contributed by atoms with E-state index in [9.17, 15) is 9.18 Å². The summed E-state index contributed by atoms with van der Waals surface area (Å²) in [5.74, 6) is -0.337. The van der Waals surface area contributed by atoms with Gasteiger partial charge in [-0.2, -0.15) is 0 Å². The molecule has 18 heavy (non-hydrogen) atoms. The first-order valence-corrected chi connectivity index (χ1v) is 5.52. The van der Waals surface area contributed by atoms with Gasteiger partial charge in [0.25, 0.3) is 0 Å². The molecule has 0 unspecified atom stereocenters. The van der Waals surface area contributed by atoms with Gasteiger partial charge in [0, 0.05) is 6.42 Å². The number of halogens is 1. The zero-order valence-corrected chi connectivity index (χ0v) is 10.2. The lowest BCUT2D eigenvalue weighted by Crippen LogP contribution is -2.06. The Morgan fingerprint density at radius 1 is 1.39 bits per heavy atom. The molecule has 0 N–H and O–H groups in total. The molecule has 0 bridgehead atoms. The number of methoxy groups -OCH3 is 1. The van der Waals surface area contributed by atoms with Crippen LogP contribution in [0.25, 0.3) is 0 Å². The fraction of sp³-hybridized carbons (Fsp3) is 0.214. The molecule has 0 radical (unpaired) electrons. The monoisotopic (exact) mass is 248 g/mol. The van der Waals surface area contributed by atoms with Crippen LogP contribution in [0.4, 0.5) is 4.39 Å². The molecule has 1 heterocycles. The summed E-state index contributed by atoms with van der Waals surface area (Å²) < 4.78 is 23.8. The maximum Gasteiger partial charge on any atom is 0.202 e. The van der Waals surface area contributed by atoms with Crippen LogP contribution in [0, 0.1) is 12.7 Å². The van der Waals surface area contributed by atoms with Crippen LogP contribution in [0.1, 0.15) is 21.7 Å². The minimum absolute atomic E-state index is 0.0443. The van der Waals surface area contributed by atoms with E-state index < -0.39 is 5.82 Å². The molecule has 0 aliphatic heterocycles. The van der Waals surface area contributed by atoms with Crippen LogP contribution in [0.2, 0.25) is 0 Å². The Bertz CT molecular complexity index is 572. The van der Waals surface area contributed by atoms with Gasteiger partial charge in [-0.3, -0.25) is 4.79 Å². The third-order valence-electron chi connectivity index (χ3n) is 2.73. The number of ether oxygens (including phenoxy) is 1. The minimum atomic E-state index is -0.502. The number of carbonyl (C=O) groups excluding carboxylic acids is 1. The summed E-state index contributed by atoms with van der Waals surface area (Å²) in [6, 6.07) is 6.43. The molecular weight excluding hydrogens is 235 g/mol. The Morgan fingerprint density at radius 3 is 2.78 bits per heavy atom. The SMILES string of the molecule is COc1cccc(CC(=O)c2occc2C)c1F. The summed E-state index contributed by atoms with van der Waals surface area (Å²) in [7, 11) is 1.39. The minimum Gasteiger partial charge on any atom is -0.494 e. The Kier molecular flexibility index (Phi) is 3.46. The second-order valence-corrected chi connectivity index (χ2v) is 3.97. The third kappa shape index (κ3) is 2.27. The largest absolute Gasteiger partial charge is 0.494 e. The number of benzene rings is 1. The highest BCUT2D eigenvalue weighted by Gasteiger charge is 2.17. The Hall–Kier alpha value is -2.10. The molecule has 2 rings (SSSR count). The number of aryl methyl sites for hydroxylation is 1. The molecule has 94 valence electrons. The number of carbonyl (C=O) groups is 1. The quantitative estimate of drug-likeness (QED) is 0.780. The van der Waals surface area contributed by atoms with Gasteiger partial charge in [-0.15, -0.1) is 0 Å². The first-order valence-electron chi connectivity index (χ1n) is 5.52. The molecule has 2 aromatic rings. The predicted octanol–water partition coefficient (Wildman–Crippen LogP) is 3.16. The van der Waals surface area contributed by atoms with Crippen molar-refractivity contribution in [3.63, 3.8) is 0 Å². The molecule has 3 nitrogen and oxygen atoms in total. The fourth-order valence-corrected chi connectivity index (χ4v) is 1.76. The zero-order valence-electron chi connectivity index (χ0n) is 10.2. The van der Waals surface area contributed by atoms with Gasteiger partial charge >= 0.3 is 0 Å². The molecule has 0 atom stereocenters. The molecule has 0 aliphatic carbocycles. The molecule has 0 aliphatic rings. The van der Waals surface area contributed by atoms with E-state index in [0.717, 1.165) is 5.56 Å². The average Bonchev–Trinajstić information content (AvgIpc) is 2.78. The second-order valence-electron chi connectivity index (χ2n) is 3.97. The maximum absolute atomic E-state index is 13.9. The highest BCUT2D eigenvalue weighted by Crippen LogP contribution is 2.22.